The third-order valence-electron chi connectivity index (χ3n) is 3.66. The lowest BCUT2D eigenvalue weighted by Gasteiger charge is -2.28. The van der Waals surface area contributed by atoms with Crippen LogP contribution in [0, 0.1) is 0 Å². The Labute approximate surface area is 125 Å². The molecule has 0 heterocycles. The molecule has 1 N–H and O–H groups in total. The van der Waals surface area contributed by atoms with E-state index in [9.17, 15) is 5.11 Å². The quantitative estimate of drug-likeness (QED) is 0.897. The van der Waals surface area contributed by atoms with Gasteiger partial charge in [0, 0.05) is 17.6 Å². The van der Waals surface area contributed by atoms with Gasteiger partial charge in [-0.2, -0.15) is 0 Å². The Bertz CT molecular complexity index is 544. The summed E-state index contributed by atoms with van der Waals surface area (Å²) in [6.45, 7) is 2.66. The lowest BCUT2D eigenvalue weighted by Crippen LogP contribution is -2.27. The summed E-state index contributed by atoms with van der Waals surface area (Å²) in [4.78, 5) is 2.11. The Morgan fingerprint density at radius 2 is 1.65 bits per heavy atom. The fourth-order valence-electron chi connectivity index (χ4n) is 2.26. The molecule has 106 valence electrons. The molecular weight excluding hydrogens is 270 g/mol. The maximum Gasteiger partial charge on any atom is 0.0917 e. The van der Waals surface area contributed by atoms with Gasteiger partial charge in [0.1, 0.15) is 0 Å². The van der Waals surface area contributed by atoms with Crippen LogP contribution in [0.2, 0.25) is 5.02 Å². The summed E-state index contributed by atoms with van der Waals surface area (Å²) < 4.78 is 0. The lowest BCUT2D eigenvalue weighted by molar-refractivity contribution is 0.108. The van der Waals surface area contributed by atoms with Crippen molar-refractivity contribution in [2.75, 3.05) is 13.6 Å². The molecule has 0 aliphatic heterocycles. The van der Waals surface area contributed by atoms with Gasteiger partial charge in [-0.05, 0) is 31.2 Å². The van der Waals surface area contributed by atoms with Crippen LogP contribution in [-0.4, -0.2) is 23.6 Å². The summed E-state index contributed by atoms with van der Waals surface area (Å²) >= 11 is 6.23. The minimum absolute atomic E-state index is 0.155. The van der Waals surface area contributed by atoms with Crippen molar-refractivity contribution in [1.82, 2.24) is 4.90 Å². The number of aliphatic hydroxyl groups excluding tert-OH is 1. The highest BCUT2D eigenvalue weighted by molar-refractivity contribution is 6.31. The Morgan fingerprint density at radius 3 is 2.30 bits per heavy atom. The Hall–Kier alpha value is -1.35. The van der Waals surface area contributed by atoms with Crippen molar-refractivity contribution >= 4 is 11.6 Å². The van der Waals surface area contributed by atoms with E-state index in [-0.39, 0.29) is 6.04 Å². The second kappa shape index (κ2) is 6.89. The van der Waals surface area contributed by atoms with Gasteiger partial charge < -0.3 is 5.11 Å². The van der Waals surface area contributed by atoms with E-state index < -0.39 is 6.10 Å². The number of aliphatic hydroxyl groups is 1. The molecule has 0 radical (unpaired) electrons. The normalized spacial score (nSPS) is 14.2. The van der Waals surface area contributed by atoms with Gasteiger partial charge in [-0.25, -0.2) is 0 Å². The first-order chi connectivity index (χ1) is 9.59. The molecule has 0 saturated carbocycles. The maximum absolute atomic E-state index is 10.3. The van der Waals surface area contributed by atoms with Crippen molar-refractivity contribution in [2.24, 2.45) is 0 Å². The number of benzene rings is 2. The van der Waals surface area contributed by atoms with Gasteiger partial charge in [0.2, 0.25) is 0 Å². The highest BCUT2D eigenvalue weighted by Gasteiger charge is 2.18. The molecule has 0 saturated heterocycles. The zero-order valence-corrected chi connectivity index (χ0v) is 12.6. The van der Waals surface area contributed by atoms with E-state index in [2.05, 4.69) is 11.8 Å². The first kappa shape index (κ1) is 15.0. The summed E-state index contributed by atoms with van der Waals surface area (Å²) in [6, 6.07) is 17.7. The van der Waals surface area contributed by atoms with Gasteiger partial charge in [-0.15, -0.1) is 0 Å². The molecule has 0 aliphatic rings. The first-order valence-electron chi connectivity index (χ1n) is 6.77. The van der Waals surface area contributed by atoms with Crippen molar-refractivity contribution in [3.8, 4) is 0 Å². The van der Waals surface area contributed by atoms with Crippen molar-refractivity contribution < 1.29 is 5.11 Å². The Morgan fingerprint density at radius 1 is 1.05 bits per heavy atom. The van der Waals surface area contributed by atoms with Crippen LogP contribution in [0.5, 0.6) is 0 Å². The van der Waals surface area contributed by atoms with Gasteiger partial charge in [-0.3, -0.25) is 4.90 Å². The van der Waals surface area contributed by atoms with E-state index in [4.69, 9.17) is 11.6 Å². The standard InChI is InChI=1S/C17H20ClNO/c1-13(15-10-6-7-11-16(15)18)19(2)12-17(20)14-8-4-3-5-9-14/h3-11,13,17,20H,12H2,1-2H3. The average molecular weight is 290 g/mol. The highest BCUT2D eigenvalue weighted by atomic mass is 35.5. The number of rotatable bonds is 5. The molecule has 2 aromatic carbocycles. The topological polar surface area (TPSA) is 23.5 Å². The second-order valence-corrected chi connectivity index (χ2v) is 5.47. The van der Waals surface area contributed by atoms with Gasteiger partial charge in [0.15, 0.2) is 0 Å². The van der Waals surface area contributed by atoms with E-state index in [1.165, 1.54) is 0 Å². The van der Waals surface area contributed by atoms with Crippen molar-refractivity contribution in [3.05, 3.63) is 70.7 Å². The highest BCUT2D eigenvalue weighted by Crippen LogP contribution is 2.27. The van der Waals surface area contributed by atoms with Crippen LogP contribution in [0.1, 0.15) is 30.2 Å². The zero-order chi connectivity index (χ0) is 14.5. The summed E-state index contributed by atoms with van der Waals surface area (Å²) in [5, 5.41) is 11.0. The van der Waals surface area contributed by atoms with Crippen molar-refractivity contribution in [3.63, 3.8) is 0 Å². The van der Waals surface area contributed by atoms with Gasteiger partial charge in [0.25, 0.3) is 0 Å². The predicted molar refractivity (Wildman–Crippen MR) is 83.9 cm³/mol. The largest absolute Gasteiger partial charge is 0.387 e. The Kier molecular flexibility index (Phi) is 5.18. The second-order valence-electron chi connectivity index (χ2n) is 5.06. The average Bonchev–Trinajstić information content (AvgIpc) is 2.48. The number of hydrogen-bond acceptors (Lipinski definition) is 2. The third kappa shape index (κ3) is 3.60. The van der Waals surface area contributed by atoms with Crippen LogP contribution >= 0.6 is 11.6 Å². The van der Waals surface area contributed by atoms with Crippen LogP contribution in [0.25, 0.3) is 0 Å². The molecule has 2 unspecified atom stereocenters. The minimum atomic E-state index is -0.494. The molecule has 2 atom stereocenters. The van der Waals surface area contributed by atoms with Gasteiger partial charge in [0.05, 0.1) is 6.10 Å². The molecule has 2 rings (SSSR count). The van der Waals surface area contributed by atoms with Gasteiger partial charge >= 0.3 is 0 Å². The van der Waals surface area contributed by atoms with Crippen molar-refractivity contribution in [2.45, 2.75) is 19.1 Å². The number of hydrogen-bond donors (Lipinski definition) is 1. The van der Waals surface area contributed by atoms with E-state index in [1.54, 1.807) is 0 Å². The van der Waals surface area contributed by atoms with Crippen LogP contribution in [-0.2, 0) is 0 Å². The summed E-state index contributed by atoms with van der Waals surface area (Å²) in [7, 11) is 2.00. The fourth-order valence-corrected chi connectivity index (χ4v) is 2.56. The molecule has 2 nitrogen and oxygen atoms in total. The van der Waals surface area contributed by atoms with E-state index in [0.29, 0.717) is 6.54 Å². The van der Waals surface area contributed by atoms with Crippen LogP contribution in [0.4, 0.5) is 0 Å². The molecule has 0 spiro atoms. The fraction of sp³-hybridized carbons (Fsp3) is 0.294. The molecule has 0 amide bonds. The smallest absolute Gasteiger partial charge is 0.0917 e. The molecular formula is C17H20ClNO. The maximum atomic E-state index is 10.3. The monoisotopic (exact) mass is 289 g/mol. The number of halogens is 1. The van der Waals surface area contributed by atoms with Gasteiger partial charge in [-0.1, -0.05) is 60.1 Å². The summed E-state index contributed by atoms with van der Waals surface area (Å²) in [6.07, 6.45) is -0.494. The summed E-state index contributed by atoms with van der Waals surface area (Å²) in [5.74, 6) is 0. The lowest BCUT2D eigenvalue weighted by atomic mass is 10.1. The molecule has 2 aromatic rings. The molecule has 3 heteroatoms. The minimum Gasteiger partial charge on any atom is -0.387 e. The van der Waals surface area contributed by atoms with Crippen LogP contribution in [0.3, 0.4) is 0 Å². The predicted octanol–water partition coefficient (Wildman–Crippen LogP) is 4.07. The van der Waals surface area contributed by atoms with Crippen molar-refractivity contribution in [1.29, 1.82) is 0 Å². The van der Waals surface area contributed by atoms with E-state index in [0.717, 1.165) is 16.1 Å². The third-order valence-corrected chi connectivity index (χ3v) is 4.01. The molecule has 20 heavy (non-hydrogen) atoms. The SMILES string of the molecule is CC(c1ccccc1Cl)N(C)CC(O)c1ccccc1. The van der Waals surface area contributed by atoms with E-state index in [1.807, 2.05) is 61.6 Å². The Balaban J connectivity index is 2.05. The first-order valence-corrected chi connectivity index (χ1v) is 7.15. The number of likely N-dealkylation sites (N-methyl/N-ethyl adjacent to an activating group) is 1. The molecule has 0 bridgehead atoms. The molecule has 0 aromatic heterocycles. The van der Waals surface area contributed by atoms with Crippen LogP contribution in [0.15, 0.2) is 54.6 Å². The zero-order valence-electron chi connectivity index (χ0n) is 11.8. The number of nitrogens with zero attached hydrogens (tertiary/aromatic N) is 1. The van der Waals surface area contributed by atoms with Crippen LogP contribution < -0.4 is 0 Å². The van der Waals surface area contributed by atoms with E-state index >= 15 is 0 Å². The molecule has 0 fully saturated rings. The molecule has 0 aliphatic carbocycles. The summed E-state index contributed by atoms with van der Waals surface area (Å²) in [5.41, 5.74) is 2.02.